The molecule has 1 heteroatoms. The van der Waals surface area contributed by atoms with E-state index in [-0.39, 0.29) is 0 Å². The smallest absolute Gasteiger partial charge is 0.0575 e. The number of unbranched alkanes of at least 4 members (excludes halogenated alkanes) is 1. The first-order valence-electron chi connectivity index (χ1n) is 14.5. The zero-order valence-corrected chi connectivity index (χ0v) is 23.8. The van der Waals surface area contributed by atoms with Gasteiger partial charge in [-0.25, -0.2) is 0 Å². The first kappa shape index (κ1) is 28.2. The maximum absolute atomic E-state index is 6.74. The fourth-order valence-corrected chi connectivity index (χ4v) is 7.57. The molecular weight excluding hydrogens is 388 g/mol. The van der Waals surface area contributed by atoms with Crippen LogP contribution in [0.3, 0.4) is 0 Å². The Bertz CT molecular complexity index is 492. The summed E-state index contributed by atoms with van der Waals surface area (Å²) < 4.78 is 6.74. The lowest BCUT2D eigenvalue weighted by Gasteiger charge is -2.51. The lowest BCUT2D eigenvalue weighted by molar-refractivity contribution is -0.0743. The van der Waals surface area contributed by atoms with E-state index in [1.807, 2.05) is 0 Å². The molecule has 0 aromatic carbocycles. The van der Waals surface area contributed by atoms with Crippen molar-refractivity contribution in [1.29, 1.82) is 0 Å². The summed E-state index contributed by atoms with van der Waals surface area (Å²) >= 11 is 0. The molecule has 2 saturated carbocycles. The largest absolute Gasteiger partial charge is 0.378 e. The van der Waals surface area contributed by atoms with Crippen molar-refractivity contribution >= 4 is 0 Å². The zero-order chi connectivity index (χ0) is 24.1. The molecule has 4 atom stereocenters. The average Bonchev–Trinajstić information content (AvgIpc) is 2.71. The molecule has 0 saturated heterocycles. The fourth-order valence-electron chi connectivity index (χ4n) is 7.57. The minimum atomic E-state index is 0.379. The molecule has 32 heavy (non-hydrogen) atoms. The Kier molecular flexibility index (Phi) is 10.6. The summed E-state index contributed by atoms with van der Waals surface area (Å²) in [6, 6.07) is 0. The normalized spacial score (nSPS) is 34.3. The topological polar surface area (TPSA) is 9.23 Å². The highest BCUT2D eigenvalue weighted by Gasteiger charge is 2.45. The van der Waals surface area contributed by atoms with E-state index < -0.39 is 0 Å². The quantitative estimate of drug-likeness (QED) is 0.341. The van der Waals surface area contributed by atoms with Gasteiger partial charge in [0.2, 0.25) is 0 Å². The number of rotatable bonds is 9. The Hall–Kier alpha value is -0.0400. The predicted octanol–water partition coefficient (Wildman–Crippen LogP) is 9.78. The molecule has 190 valence electrons. The molecular formula is C31H60O. The molecule has 2 rings (SSSR count). The Labute approximate surface area is 203 Å². The van der Waals surface area contributed by atoms with Gasteiger partial charge in [-0.15, -0.1) is 0 Å². The van der Waals surface area contributed by atoms with E-state index in [0.717, 1.165) is 42.1 Å². The third kappa shape index (κ3) is 7.74. The van der Waals surface area contributed by atoms with Crippen LogP contribution in [0.2, 0.25) is 0 Å². The Morgan fingerprint density at radius 2 is 1.34 bits per heavy atom. The van der Waals surface area contributed by atoms with Gasteiger partial charge in [-0.2, -0.15) is 0 Å². The monoisotopic (exact) mass is 448 g/mol. The SMILES string of the molecule is CCCCC1CCC(C(CC)COC(C)C2CC(C(C)(C)C)C(C)C(C(C)(C)C)C2)CC1. The van der Waals surface area contributed by atoms with Crippen molar-refractivity contribution in [3.05, 3.63) is 0 Å². The minimum absolute atomic E-state index is 0.379. The van der Waals surface area contributed by atoms with Crippen molar-refractivity contribution in [2.75, 3.05) is 6.61 Å². The summed E-state index contributed by atoms with van der Waals surface area (Å²) in [6.07, 6.45) is 14.5. The van der Waals surface area contributed by atoms with Crippen molar-refractivity contribution < 1.29 is 4.74 Å². The van der Waals surface area contributed by atoms with Crippen LogP contribution < -0.4 is 0 Å². The van der Waals surface area contributed by atoms with Crippen molar-refractivity contribution in [3.63, 3.8) is 0 Å². The lowest BCUT2D eigenvalue weighted by atomic mass is 9.55. The summed E-state index contributed by atoms with van der Waals surface area (Å²) in [7, 11) is 0. The Morgan fingerprint density at radius 1 is 0.812 bits per heavy atom. The second-order valence-electron chi connectivity index (χ2n) is 14.2. The molecule has 0 radical (unpaired) electrons. The molecule has 0 heterocycles. The molecule has 4 unspecified atom stereocenters. The first-order valence-corrected chi connectivity index (χ1v) is 14.5. The van der Waals surface area contributed by atoms with Gasteiger partial charge in [-0.05, 0) is 84.9 Å². The summed E-state index contributed by atoms with van der Waals surface area (Å²) in [6.45, 7) is 25.4. The van der Waals surface area contributed by atoms with E-state index in [9.17, 15) is 0 Å². The second-order valence-corrected chi connectivity index (χ2v) is 14.2. The van der Waals surface area contributed by atoms with E-state index in [1.54, 1.807) is 0 Å². The van der Waals surface area contributed by atoms with Gasteiger partial charge >= 0.3 is 0 Å². The summed E-state index contributed by atoms with van der Waals surface area (Å²) in [5, 5.41) is 0. The van der Waals surface area contributed by atoms with Gasteiger partial charge in [0.15, 0.2) is 0 Å². The number of hydrogen-bond acceptors (Lipinski definition) is 1. The molecule has 0 aromatic heterocycles. The lowest BCUT2D eigenvalue weighted by Crippen LogP contribution is -2.45. The average molecular weight is 449 g/mol. The molecule has 2 fully saturated rings. The minimum Gasteiger partial charge on any atom is -0.378 e. The van der Waals surface area contributed by atoms with E-state index in [1.165, 1.54) is 64.2 Å². The van der Waals surface area contributed by atoms with Gasteiger partial charge in [-0.3, -0.25) is 0 Å². The van der Waals surface area contributed by atoms with Crippen LogP contribution in [-0.2, 0) is 4.74 Å². The Balaban J connectivity index is 1.94. The summed E-state index contributed by atoms with van der Waals surface area (Å²) in [5.41, 5.74) is 0.757. The van der Waals surface area contributed by atoms with Crippen LogP contribution in [0.5, 0.6) is 0 Å². The number of hydrogen-bond donors (Lipinski definition) is 0. The zero-order valence-electron chi connectivity index (χ0n) is 23.8. The number of ether oxygens (including phenoxy) is 1. The standard InChI is InChI=1S/C31H60O/c1-11-13-14-24-15-17-26(18-16-24)25(12-2)21-32-23(4)27-19-28(30(5,6)7)22(3)29(20-27)31(8,9)10/h22-29H,11-21H2,1-10H3. The van der Waals surface area contributed by atoms with Crippen molar-refractivity contribution in [1.82, 2.24) is 0 Å². The van der Waals surface area contributed by atoms with Crippen LogP contribution in [0.1, 0.15) is 133 Å². The second kappa shape index (κ2) is 12.1. The molecule has 0 spiro atoms. The molecule has 0 aromatic rings. The van der Waals surface area contributed by atoms with Crippen molar-refractivity contribution in [3.8, 4) is 0 Å². The van der Waals surface area contributed by atoms with Gasteiger partial charge in [-0.1, -0.05) is 101 Å². The molecule has 2 aliphatic carbocycles. The maximum Gasteiger partial charge on any atom is 0.0575 e. The van der Waals surface area contributed by atoms with E-state index in [4.69, 9.17) is 4.74 Å². The van der Waals surface area contributed by atoms with Crippen LogP contribution in [0.25, 0.3) is 0 Å². The van der Waals surface area contributed by atoms with E-state index >= 15 is 0 Å². The van der Waals surface area contributed by atoms with E-state index in [2.05, 4.69) is 69.2 Å². The van der Waals surface area contributed by atoms with Crippen molar-refractivity contribution in [2.24, 2.45) is 52.3 Å². The van der Waals surface area contributed by atoms with Crippen LogP contribution >= 0.6 is 0 Å². The van der Waals surface area contributed by atoms with Gasteiger partial charge in [0, 0.05) is 0 Å². The molecule has 1 nitrogen and oxygen atoms in total. The molecule has 2 aliphatic rings. The van der Waals surface area contributed by atoms with E-state index in [0.29, 0.717) is 22.9 Å². The van der Waals surface area contributed by atoms with Gasteiger partial charge < -0.3 is 4.74 Å². The highest BCUT2D eigenvalue weighted by molar-refractivity contribution is 4.95. The highest BCUT2D eigenvalue weighted by atomic mass is 16.5. The highest BCUT2D eigenvalue weighted by Crippen LogP contribution is 2.52. The maximum atomic E-state index is 6.74. The Morgan fingerprint density at radius 3 is 1.78 bits per heavy atom. The summed E-state index contributed by atoms with van der Waals surface area (Å²) in [5.74, 6) is 5.77. The van der Waals surface area contributed by atoms with Gasteiger partial charge in [0.1, 0.15) is 0 Å². The van der Waals surface area contributed by atoms with Crippen LogP contribution in [0, 0.1) is 52.3 Å². The van der Waals surface area contributed by atoms with Crippen LogP contribution in [0.15, 0.2) is 0 Å². The van der Waals surface area contributed by atoms with Crippen LogP contribution in [0.4, 0.5) is 0 Å². The third-order valence-corrected chi connectivity index (χ3v) is 9.89. The predicted molar refractivity (Wildman–Crippen MR) is 142 cm³/mol. The molecule has 0 aliphatic heterocycles. The van der Waals surface area contributed by atoms with Crippen molar-refractivity contribution in [2.45, 2.75) is 140 Å². The fraction of sp³-hybridized carbons (Fsp3) is 1.00. The summed E-state index contributed by atoms with van der Waals surface area (Å²) in [4.78, 5) is 0. The van der Waals surface area contributed by atoms with Crippen LogP contribution in [-0.4, -0.2) is 12.7 Å². The first-order chi connectivity index (χ1) is 14.9. The molecule has 0 amide bonds. The molecule has 0 N–H and O–H groups in total. The third-order valence-electron chi connectivity index (χ3n) is 9.89. The van der Waals surface area contributed by atoms with Gasteiger partial charge in [0.05, 0.1) is 12.7 Å². The molecule has 0 bridgehead atoms. The van der Waals surface area contributed by atoms with Gasteiger partial charge in [0.25, 0.3) is 0 Å².